The summed E-state index contributed by atoms with van der Waals surface area (Å²) < 4.78 is 2.88. The van der Waals surface area contributed by atoms with Crippen LogP contribution in [0.4, 0.5) is 0 Å². The fraction of sp³-hybridized carbons (Fsp3) is 0.400. The first-order valence-corrected chi connectivity index (χ1v) is 7.75. The predicted octanol–water partition coefficient (Wildman–Crippen LogP) is 2.56. The minimum Gasteiger partial charge on any atom is -0.346 e. The van der Waals surface area contributed by atoms with E-state index >= 15 is 0 Å². The van der Waals surface area contributed by atoms with Crippen molar-refractivity contribution in [1.29, 1.82) is 0 Å². The Bertz CT molecular complexity index is 669. The number of rotatable bonds is 4. The van der Waals surface area contributed by atoms with Crippen molar-refractivity contribution in [1.82, 2.24) is 20.1 Å². The van der Waals surface area contributed by atoms with Crippen LogP contribution in [0.3, 0.4) is 0 Å². The van der Waals surface area contributed by atoms with E-state index in [2.05, 4.69) is 43.6 Å². The molecule has 3 rings (SSSR count). The second-order valence-electron chi connectivity index (χ2n) is 5.53. The Morgan fingerprint density at radius 2 is 2.33 bits per heavy atom. The molecule has 3 atom stereocenters. The van der Waals surface area contributed by atoms with Crippen LogP contribution in [-0.2, 0) is 11.8 Å². The van der Waals surface area contributed by atoms with Gasteiger partial charge in [0, 0.05) is 17.4 Å². The first kappa shape index (κ1) is 14.3. The third kappa shape index (κ3) is 3.00. The Morgan fingerprint density at radius 1 is 1.52 bits per heavy atom. The van der Waals surface area contributed by atoms with E-state index in [1.165, 1.54) is 5.56 Å². The minimum absolute atomic E-state index is 0.0648. The molecule has 6 heteroatoms. The quantitative estimate of drug-likeness (QED) is 0.923. The summed E-state index contributed by atoms with van der Waals surface area (Å²) in [5.74, 6) is 1.25. The lowest BCUT2D eigenvalue weighted by molar-refractivity contribution is -0.123. The molecule has 0 spiro atoms. The van der Waals surface area contributed by atoms with Gasteiger partial charge in [-0.15, -0.1) is 10.2 Å². The molecule has 21 heavy (non-hydrogen) atoms. The van der Waals surface area contributed by atoms with Crippen molar-refractivity contribution < 1.29 is 4.79 Å². The number of aryl methyl sites for hydroxylation is 1. The SMILES string of the molecule is CC(NC(=O)C1CC1c1cccc(Br)c1)c1nncn1C. The van der Waals surface area contributed by atoms with E-state index in [-0.39, 0.29) is 17.9 Å². The maximum absolute atomic E-state index is 12.3. The Kier molecular flexibility index (Phi) is 3.80. The van der Waals surface area contributed by atoms with Crippen LogP contribution >= 0.6 is 15.9 Å². The molecule has 1 aliphatic rings. The van der Waals surface area contributed by atoms with E-state index in [0.717, 1.165) is 16.7 Å². The summed E-state index contributed by atoms with van der Waals surface area (Å²) in [7, 11) is 1.87. The molecule has 5 nitrogen and oxygen atoms in total. The number of hydrogen-bond donors (Lipinski definition) is 1. The molecular formula is C15H17BrN4O. The number of nitrogens with zero attached hydrogens (tertiary/aromatic N) is 3. The van der Waals surface area contributed by atoms with Crippen LogP contribution in [0, 0.1) is 5.92 Å². The van der Waals surface area contributed by atoms with E-state index in [1.807, 2.05) is 30.7 Å². The molecule has 0 aliphatic heterocycles. The average Bonchev–Trinajstić information content (AvgIpc) is 3.14. The van der Waals surface area contributed by atoms with Crippen molar-refractivity contribution in [3.63, 3.8) is 0 Å². The van der Waals surface area contributed by atoms with Gasteiger partial charge < -0.3 is 9.88 Å². The number of hydrogen-bond acceptors (Lipinski definition) is 3. The Labute approximate surface area is 131 Å². The minimum atomic E-state index is -0.131. The maximum Gasteiger partial charge on any atom is 0.224 e. The van der Waals surface area contributed by atoms with E-state index in [4.69, 9.17) is 0 Å². The monoisotopic (exact) mass is 348 g/mol. The molecule has 110 valence electrons. The van der Waals surface area contributed by atoms with Gasteiger partial charge in [0.15, 0.2) is 5.82 Å². The third-order valence-electron chi connectivity index (χ3n) is 3.90. The highest BCUT2D eigenvalue weighted by molar-refractivity contribution is 9.10. The molecule has 0 radical (unpaired) electrons. The van der Waals surface area contributed by atoms with Gasteiger partial charge in [-0.25, -0.2) is 0 Å². The standard InChI is InChI=1S/C15H17BrN4O/c1-9(14-19-17-8-20(14)2)18-15(21)13-7-12(13)10-4-3-5-11(16)6-10/h3-6,8-9,12-13H,7H2,1-2H3,(H,18,21). The number of aromatic nitrogens is 3. The number of nitrogens with one attached hydrogen (secondary N) is 1. The molecule has 0 saturated heterocycles. The lowest BCUT2D eigenvalue weighted by atomic mass is 10.1. The van der Waals surface area contributed by atoms with Crippen LogP contribution in [0.5, 0.6) is 0 Å². The summed E-state index contributed by atoms with van der Waals surface area (Å²) in [6.45, 7) is 1.93. The molecule has 1 aliphatic carbocycles. The molecule has 1 heterocycles. The fourth-order valence-electron chi connectivity index (χ4n) is 2.66. The van der Waals surface area contributed by atoms with Crippen LogP contribution in [0.2, 0.25) is 0 Å². The van der Waals surface area contributed by atoms with Crippen molar-refractivity contribution in [3.05, 3.63) is 46.5 Å². The smallest absolute Gasteiger partial charge is 0.224 e. The molecule has 1 aromatic carbocycles. The second kappa shape index (κ2) is 5.60. The predicted molar refractivity (Wildman–Crippen MR) is 82.6 cm³/mol. The van der Waals surface area contributed by atoms with Gasteiger partial charge in [0.2, 0.25) is 5.91 Å². The van der Waals surface area contributed by atoms with Crippen LogP contribution in [-0.4, -0.2) is 20.7 Å². The number of halogens is 1. The topological polar surface area (TPSA) is 59.8 Å². The highest BCUT2D eigenvalue weighted by Gasteiger charge is 2.44. The van der Waals surface area contributed by atoms with Crippen molar-refractivity contribution in [2.24, 2.45) is 13.0 Å². The van der Waals surface area contributed by atoms with Gasteiger partial charge in [0.25, 0.3) is 0 Å². The maximum atomic E-state index is 12.3. The molecule has 1 saturated carbocycles. The number of carbonyl (C=O) groups excluding carboxylic acids is 1. The summed E-state index contributed by atoms with van der Waals surface area (Å²) in [5.41, 5.74) is 1.22. The average molecular weight is 349 g/mol. The van der Waals surface area contributed by atoms with Crippen LogP contribution in [0.15, 0.2) is 35.1 Å². The second-order valence-corrected chi connectivity index (χ2v) is 6.45. The van der Waals surface area contributed by atoms with E-state index in [0.29, 0.717) is 5.92 Å². The van der Waals surface area contributed by atoms with Gasteiger partial charge in [-0.2, -0.15) is 0 Å². The summed E-state index contributed by atoms with van der Waals surface area (Å²) in [4.78, 5) is 12.3. The highest BCUT2D eigenvalue weighted by atomic mass is 79.9. The molecular weight excluding hydrogens is 332 g/mol. The van der Waals surface area contributed by atoms with Gasteiger partial charge in [-0.05, 0) is 37.0 Å². The van der Waals surface area contributed by atoms with Crippen molar-refractivity contribution in [2.75, 3.05) is 0 Å². The molecule has 2 aromatic rings. The van der Waals surface area contributed by atoms with Gasteiger partial charge >= 0.3 is 0 Å². The molecule has 1 amide bonds. The Hall–Kier alpha value is -1.69. The van der Waals surface area contributed by atoms with Gasteiger partial charge in [0.05, 0.1) is 6.04 Å². The zero-order valence-electron chi connectivity index (χ0n) is 12.0. The summed E-state index contributed by atoms with van der Waals surface area (Å²) in [6, 6.07) is 8.04. The fourth-order valence-corrected chi connectivity index (χ4v) is 3.08. The van der Waals surface area contributed by atoms with Crippen LogP contribution in [0.25, 0.3) is 0 Å². The first-order valence-electron chi connectivity index (χ1n) is 6.96. The molecule has 1 aromatic heterocycles. The zero-order chi connectivity index (χ0) is 15.0. The Morgan fingerprint density at radius 3 is 3.00 bits per heavy atom. The normalized spacial score (nSPS) is 21.9. The summed E-state index contributed by atoms with van der Waals surface area (Å²) in [6.07, 6.45) is 2.55. The van der Waals surface area contributed by atoms with E-state index < -0.39 is 0 Å². The van der Waals surface area contributed by atoms with E-state index in [1.54, 1.807) is 6.33 Å². The molecule has 3 unspecified atom stereocenters. The van der Waals surface area contributed by atoms with Crippen LogP contribution in [0.1, 0.15) is 36.7 Å². The van der Waals surface area contributed by atoms with Crippen molar-refractivity contribution in [3.8, 4) is 0 Å². The Balaban J connectivity index is 1.62. The molecule has 0 bridgehead atoms. The van der Waals surface area contributed by atoms with Gasteiger partial charge in [-0.3, -0.25) is 4.79 Å². The first-order chi connectivity index (χ1) is 10.1. The van der Waals surface area contributed by atoms with Gasteiger partial charge in [0.1, 0.15) is 6.33 Å². The summed E-state index contributed by atoms with van der Waals surface area (Å²) in [5, 5.41) is 10.9. The van der Waals surface area contributed by atoms with E-state index in [9.17, 15) is 4.79 Å². The van der Waals surface area contributed by atoms with Crippen molar-refractivity contribution >= 4 is 21.8 Å². The highest BCUT2D eigenvalue weighted by Crippen LogP contribution is 2.48. The number of benzene rings is 1. The third-order valence-corrected chi connectivity index (χ3v) is 4.39. The van der Waals surface area contributed by atoms with Crippen molar-refractivity contribution in [2.45, 2.75) is 25.3 Å². The van der Waals surface area contributed by atoms with Gasteiger partial charge in [-0.1, -0.05) is 28.1 Å². The number of carbonyl (C=O) groups is 1. The lowest BCUT2D eigenvalue weighted by Gasteiger charge is -2.13. The molecule has 1 N–H and O–H groups in total. The largest absolute Gasteiger partial charge is 0.346 e. The van der Waals surface area contributed by atoms with Crippen LogP contribution < -0.4 is 5.32 Å². The molecule has 1 fully saturated rings. The zero-order valence-corrected chi connectivity index (χ0v) is 13.5. The summed E-state index contributed by atoms with van der Waals surface area (Å²) >= 11 is 3.47. The lowest BCUT2D eigenvalue weighted by Crippen LogP contribution is -2.30. The number of amides is 1.